The van der Waals surface area contributed by atoms with Gasteiger partial charge in [0.2, 0.25) is 5.91 Å². The van der Waals surface area contributed by atoms with Crippen LogP contribution in [0.25, 0.3) is 11.3 Å². The lowest BCUT2D eigenvalue weighted by molar-refractivity contribution is -0.113. The van der Waals surface area contributed by atoms with Gasteiger partial charge in [-0.2, -0.15) is 0 Å². The van der Waals surface area contributed by atoms with Gasteiger partial charge >= 0.3 is 0 Å². The SMILES string of the molecule is Cn1c(SCC(=O)Nc2nc(-c3ccccc3)cs2)nnc1C1CC1c1ccccc1. The number of benzene rings is 2. The molecule has 0 radical (unpaired) electrons. The van der Waals surface area contributed by atoms with Gasteiger partial charge in [-0.05, 0) is 17.9 Å². The first kappa shape index (κ1) is 20.0. The number of thioether (sulfide) groups is 1. The Kier molecular flexibility index (Phi) is 5.57. The number of aromatic nitrogens is 4. The molecule has 8 heteroatoms. The maximum Gasteiger partial charge on any atom is 0.236 e. The molecule has 1 amide bonds. The lowest BCUT2D eigenvalue weighted by Gasteiger charge is -2.04. The fraction of sp³-hybridized carbons (Fsp3) is 0.217. The van der Waals surface area contributed by atoms with Crippen molar-refractivity contribution in [1.82, 2.24) is 19.7 Å². The number of nitrogens with zero attached hydrogens (tertiary/aromatic N) is 4. The van der Waals surface area contributed by atoms with E-state index in [4.69, 9.17) is 0 Å². The van der Waals surface area contributed by atoms with Crippen LogP contribution in [0.4, 0.5) is 5.13 Å². The smallest absolute Gasteiger partial charge is 0.236 e. The molecular formula is C23H21N5OS2. The Balaban J connectivity index is 1.17. The Morgan fingerprint density at radius 3 is 2.61 bits per heavy atom. The third-order valence-electron chi connectivity index (χ3n) is 5.37. The molecule has 1 aliphatic rings. The summed E-state index contributed by atoms with van der Waals surface area (Å²) in [7, 11) is 1.98. The number of amides is 1. The standard InChI is InChI=1S/C23H21N5OS2/c1-28-21(18-12-17(18)15-8-4-2-5-9-15)26-27-23(28)31-14-20(29)25-22-24-19(13-30-22)16-10-6-3-7-11-16/h2-11,13,17-18H,12,14H2,1H3,(H,24,25,29). The highest BCUT2D eigenvalue weighted by Crippen LogP contribution is 2.54. The Morgan fingerprint density at radius 1 is 1.10 bits per heavy atom. The molecule has 5 rings (SSSR count). The fourth-order valence-electron chi connectivity index (χ4n) is 3.68. The van der Waals surface area contributed by atoms with Gasteiger partial charge in [-0.3, -0.25) is 4.79 Å². The third kappa shape index (κ3) is 4.40. The van der Waals surface area contributed by atoms with Crippen molar-refractivity contribution in [1.29, 1.82) is 0 Å². The van der Waals surface area contributed by atoms with Crippen LogP contribution in [0, 0.1) is 0 Å². The van der Waals surface area contributed by atoms with E-state index in [-0.39, 0.29) is 11.7 Å². The van der Waals surface area contributed by atoms with Gasteiger partial charge in [-0.25, -0.2) is 4.98 Å². The Bertz CT molecular complexity index is 1190. The normalized spacial score (nSPS) is 17.5. The summed E-state index contributed by atoms with van der Waals surface area (Å²) in [6, 6.07) is 20.5. The van der Waals surface area contributed by atoms with E-state index in [1.807, 2.05) is 53.4 Å². The van der Waals surface area contributed by atoms with Gasteiger partial charge in [0.15, 0.2) is 10.3 Å². The lowest BCUT2D eigenvalue weighted by atomic mass is 10.1. The minimum Gasteiger partial charge on any atom is -0.309 e. The van der Waals surface area contributed by atoms with Crippen molar-refractivity contribution in [2.45, 2.75) is 23.4 Å². The van der Waals surface area contributed by atoms with Crippen molar-refractivity contribution >= 4 is 34.1 Å². The van der Waals surface area contributed by atoms with Crippen LogP contribution in [-0.4, -0.2) is 31.4 Å². The second kappa shape index (κ2) is 8.64. The van der Waals surface area contributed by atoms with Crippen molar-refractivity contribution in [3.05, 3.63) is 77.4 Å². The molecule has 2 heterocycles. The van der Waals surface area contributed by atoms with Crippen LogP contribution < -0.4 is 5.32 Å². The largest absolute Gasteiger partial charge is 0.309 e. The molecular weight excluding hydrogens is 426 g/mol. The third-order valence-corrected chi connectivity index (χ3v) is 7.15. The molecule has 156 valence electrons. The Labute approximate surface area is 188 Å². The molecule has 4 aromatic rings. The predicted molar refractivity (Wildman–Crippen MR) is 124 cm³/mol. The first-order chi connectivity index (χ1) is 15.2. The number of hydrogen-bond donors (Lipinski definition) is 1. The molecule has 1 aliphatic carbocycles. The summed E-state index contributed by atoms with van der Waals surface area (Å²) in [6.07, 6.45) is 1.09. The zero-order valence-electron chi connectivity index (χ0n) is 16.9. The molecule has 1 saturated carbocycles. The fourth-order valence-corrected chi connectivity index (χ4v) is 5.14. The molecule has 2 aromatic heterocycles. The van der Waals surface area contributed by atoms with E-state index in [1.165, 1.54) is 28.7 Å². The number of rotatable bonds is 7. The average Bonchev–Trinajstić information content (AvgIpc) is 3.31. The molecule has 0 saturated heterocycles. The summed E-state index contributed by atoms with van der Waals surface area (Å²) < 4.78 is 2.02. The average molecular weight is 448 g/mol. The van der Waals surface area contributed by atoms with Gasteiger partial charge in [0.25, 0.3) is 0 Å². The molecule has 1 N–H and O–H groups in total. The minimum absolute atomic E-state index is 0.0999. The van der Waals surface area contributed by atoms with Crippen LogP contribution in [0.1, 0.15) is 29.6 Å². The van der Waals surface area contributed by atoms with Crippen molar-refractivity contribution in [2.75, 3.05) is 11.1 Å². The quantitative estimate of drug-likeness (QED) is 0.406. The first-order valence-corrected chi connectivity index (χ1v) is 11.9. The second-order valence-corrected chi connectivity index (χ2v) is 9.30. The summed E-state index contributed by atoms with van der Waals surface area (Å²) in [5, 5.41) is 14.9. The number of anilines is 1. The molecule has 1 fully saturated rings. The van der Waals surface area contributed by atoms with E-state index >= 15 is 0 Å². The summed E-state index contributed by atoms with van der Waals surface area (Å²) in [5.41, 5.74) is 3.25. The minimum atomic E-state index is -0.0999. The van der Waals surface area contributed by atoms with E-state index in [2.05, 4.69) is 44.8 Å². The highest BCUT2D eigenvalue weighted by Gasteiger charge is 2.42. The summed E-state index contributed by atoms with van der Waals surface area (Å²) in [4.78, 5) is 16.9. The zero-order valence-corrected chi connectivity index (χ0v) is 18.6. The van der Waals surface area contributed by atoms with Crippen LogP contribution >= 0.6 is 23.1 Å². The van der Waals surface area contributed by atoms with Crippen LogP contribution in [0.2, 0.25) is 0 Å². The Morgan fingerprint density at radius 2 is 1.84 bits per heavy atom. The van der Waals surface area contributed by atoms with E-state index in [0.717, 1.165) is 28.7 Å². The van der Waals surface area contributed by atoms with Crippen LogP contribution in [0.15, 0.2) is 71.2 Å². The Hall–Kier alpha value is -2.97. The summed E-state index contributed by atoms with van der Waals surface area (Å²) in [5.74, 6) is 2.06. The highest BCUT2D eigenvalue weighted by atomic mass is 32.2. The molecule has 2 atom stereocenters. The van der Waals surface area contributed by atoms with Crippen LogP contribution in [0.3, 0.4) is 0 Å². The molecule has 0 aliphatic heterocycles. The van der Waals surface area contributed by atoms with E-state index < -0.39 is 0 Å². The van der Waals surface area contributed by atoms with Crippen molar-refractivity contribution in [2.24, 2.45) is 7.05 Å². The number of thiazole rings is 1. The van der Waals surface area contributed by atoms with E-state index in [9.17, 15) is 4.79 Å². The van der Waals surface area contributed by atoms with Gasteiger partial charge < -0.3 is 9.88 Å². The van der Waals surface area contributed by atoms with Crippen LogP contribution in [0.5, 0.6) is 0 Å². The maximum absolute atomic E-state index is 12.4. The van der Waals surface area contributed by atoms with Crippen LogP contribution in [-0.2, 0) is 11.8 Å². The van der Waals surface area contributed by atoms with Crippen molar-refractivity contribution in [3.8, 4) is 11.3 Å². The monoisotopic (exact) mass is 447 g/mol. The zero-order chi connectivity index (χ0) is 21.2. The number of hydrogen-bond acceptors (Lipinski definition) is 6. The van der Waals surface area contributed by atoms with E-state index in [0.29, 0.717) is 17.0 Å². The molecule has 2 aromatic carbocycles. The van der Waals surface area contributed by atoms with Gasteiger partial charge in [0.1, 0.15) is 5.82 Å². The molecule has 0 spiro atoms. The number of carbonyl (C=O) groups excluding carboxylic acids is 1. The first-order valence-electron chi connectivity index (χ1n) is 10.1. The molecule has 31 heavy (non-hydrogen) atoms. The lowest BCUT2D eigenvalue weighted by Crippen LogP contribution is -2.14. The van der Waals surface area contributed by atoms with Crippen molar-refractivity contribution in [3.63, 3.8) is 0 Å². The van der Waals surface area contributed by atoms with Gasteiger partial charge in [0, 0.05) is 23.9 Å². The van der Waals surface area contributed by atoms with Gasteiger partial charge in [-0.1, -0.05) is 72.4 Å². The highest BCUT2D eigenvalue weighted by molar-refractivity contribution is 7.99. The molecule has 0 bridgehead atoms. The van der Waals surface area contributed by atoms with Crippen molar-refractivity contribution < 1.29 is 4.79 Å². The molecule has 6 nitrogen and oxygen atoms in total. The van der Waals surface area contributed by atoms with E-state index in [1.54, 1.807) is 0 Å². The van der Waals surface area contributed by atoms with Gasteiger partial charge in [0.05, 0.1) is 11.4 Å². The number of nitrogens with one attached hydrogen (secondary N) is 1. The maximum atomic E-state index is 12.4. The topological polar surface area (TPSA) is 72.7 Å². The second-order valence-electron chi connectivity index (χ2n) is 7.50. The van der Waals surface area contributed by atoms with Gasteiger partial charge in [-0.15, -0.1) is 21.5 Å². The summed E-state index contributed by atoms with van der Waals surface area (Å²) in [6.45, 7) is 0. The molecule has 2 unspecified atom stereocenters. The predicted octanol–water partition coefficient (Wildman–Crippen LogP) is 4.94. The summed E-state index contributed by atoms with van der Waals surface area (Å²) >= 11 is 2.82. The number of carbonyl (C=O) groups is 1.